The number of rotatable bonds is 10. The number of alkyl halides is 1. The molecule has 38 heavy (non-hydrogen) atoms. The number of sulfone groups is 1. The molecule has 0 saturated carbocycles. The minimum Gasteiger partial charge on any atom is -0.489 e. The van der Waals surface area contributed by atoms with E-state index >= 15 is 0 Å². The van der Waals surface area contributed by atoms with Gasteiger partial charge in [-0.3, -0.25) is 0 Å². The molecule has 0 unspecified atom stereocenters. The van der Waals surface area contributed by atoms with Gasteiger partial charge in [0.2, 0.25) is 5.95 Å². The van der Waals surface area contributed by atoms with E-state index in [4.69, 9.17) is 32.7 Å². The number of hydrogen-bond donors (Lipinski definition) is 0. The van der Waals surface area contributed by atoms with Gasteiger partial charge in [-0.05, 0) is 35.4 Å². The molecule has 0 atom stereocenters. The largest absolute Gasteiger partial charge is 0.489 e. The van der Waals surface area contributed by atoms with Gasteiger partial charge in [0.1, 0.15) is 25.0 Å². The van der Waals surface area contributed by atoms with Crippen LogP contribution in [0.1, 0.15) is 36.1 Å². The Morgan fingerprint density at radius 1 is 1.11 bits per heavy atom. The summed E-state index contributed by atoms with van der Waals surface area (Å²) < 4.78 is 34.7. The second-order valence-electron chi connectivity index (χ2n) is 9.67. The van der Waals surface area contributed by atoms with Gasteiger partial charge in [-0.25, -0.2) is 18.4 Å². The van der Waals surface area contributed by atoms with Gasteiger partial charge >= 0.3 is 0 Å². The minimum absolute atomic E-state index is 0.265. The number of nitriles is 1. The predicted molar refractivity (Wildman–Crippen MR) is 148 cm³/mol. The van der Waals surface area contributed by atoms with Gasteiger partial charge in [-0.1, -0.05) is 37.6 Å². The number of benzene rings is 2. The highest BCUT2D eigenvalue weighted by atomic mass is 35.5. The molecule has 2 heterocycles. The molecule has 2 aromatic carbocycles. The average molecular weight is 576 g/mol. The molecule has 0 spiro atoms. The second-order valence-corrected chi connectivity index (χ2v) is 12.8. The second kappa shape index (κ2) is 11.4. The fraction of sp³-hybridized carbons (Fsp3) is 0.370. The summed E-state index contributed by atoms with van der Waals surface area (Å²) in [6.07, 6.45) is 4.62. The normalized spacial score (nSPS) is 14.1. The smallest absolute Gasteiger partial charge is 0.225 e. The number of halogens is 2. The Kier molecular flexibility index (Phi) is 8.36. The van der Waals surface area contributed by atoms with Crippen molar-refractivity contribution in [3.8, 4) is 17.6 Å². The molecule has 0 bridgehead atoms. The summed E-state index contributed by atoms with van der Waals surface area (Å²) in [6.45, 7) is 5.50. The van der Waals surface area contributed by atoms with E-state index in [-0.39, 0.29) is 11.9 Å². The van der Waals surface area contributed by atoms with Crippen LogP contribution in [0.25, 0.3) is 0 Å². The number of aromatic nitrogens is 2. The van der Waals surface area contributed by atoms with E-state index in [0.29, 0.717) is 53.6 Å². The van der Waals surface area contributed by atoms with E-state index in [2.05, 4.69) is 29.9 Å². The summed E-state index contributed by atoms with van der Waals surface area (Å²) in [5.74, 6) is 1.84. The Morgan fingerprint density at radius 3 is 2.34 bits per heavy atom. The first kappa shape index (κ1) is 28.0. The number of ether oxygens (including phenoxy) is 2. The molecular weight excluding hydrogens is 547 g/mol. The van der Waals surface area contributed by atoms with Crippen LogP contribution in [0.4, 0.5) is 5.95 Å². The van der Waals surface area contributed by atoms with Crippen molar-refractivity contribution in [2.24, 2.45) is 0 Å². The highest BCUT2D eigenvalue weighted by molar-refractivity contribution is 7.91. The van der Waals surface area contributed by atoms with Crippen LogP contribution in [0.2, 0.25) is 5.02 Å². The number of anilines is 1. The highest BCUT2D eigenvalue weighted by Gasteiger charge is 2.35. The molecule has 0 amide bonds. The van der Waals surface area contributed by atoms with E-state index in [1.54, 1.807) is 18.5 Å². The molecule has 0 radical (unpaired) electrons. The lowest BCUT2D eigenvalue weighted by atomic mass is 9.77. The molecule has 8 nitrogen and oxygen atoms in total. The Morgan fingerprint density at radius 2 is 1.76 bits per heavy atom. The SMILES string of the molecule is CC(C)(c1ccc(OCc2cnc(N3CC(S(C)(=O)=O)C3)nc2)cc1)c1cc(Cl)c(OCCCl)c(C#N)c1. The first-order valence-electron chi connectivity index (χ1n) is 11.9. The Hall–Kier alpha value is -3.06. The van der Waals surface area contributed by atoms with Gasteiger partial charge < -0.3 is 14.4 Å². The van der Waals surface area contributed by atoms with Crippen molar-refractivity contribution in [3.63, 3.8) is 0 Å². The average Bonchev–Trinajstić information content (AvgIpc) is 2.85. The van der Waals surface area contributed by atoms with E-state index in [0.717, 1.165) is 16.7 Å². The van der Waals surface area contributed by atoms with Crippen LogP contribution in [0.5, 0.6) is 11.5 Å². The third-order valence-electron chi connectivity index (χ3n) is 6.62. The minimum atomic E-state index is -3.04. The highest BCUT2D eigenvalue weighted by Crippen LogP contribution is 2.38. The molecule has 1 aliphatic rings. The fourth-order valence-electron chi connectivity index (χ4n) is 4.08. The van der Waals surface area contributed by atoms with Crippen LogP contribution in [-0.4, -0.2) is 55.5 Å². The summed E-state index contributed by atoms with van der Waals surface area (Å²) in [4.78, 5) is 10.5. The third kappa shape index (κ3) is 6.15. The zero-order chi connectivity index (χ0) is 27.5. The molecule has 1 fully saturated rings. The molecule has 11 heteroatoms. The molecule has 0 aliphatic carbocycles. The molecule has 1 saturated heterocycles. The molecule has 3 aromatic rings. The van der Waals surface area contributed by atoms with Gasteiger partial charge in [-0.15, -0.1) is 11.6 Å². The Bertz CT molecular complexity index is 1430. The van der Waals surface area contributed by atoms with Crippen molar-refractivity contribution >= 4 is 39.0 Å². The first-order chi connectivity index (χ1) is 18.0. The monoisotopic (exact) mass is 574 g/mol. The maximum Gasteiger partial charge on any atom is 0.225 e. The van der Waals surface area contributed by atoms with E-state index in [1.165, 1.54) is 6.26 Å². The summed E-state index contributed by atoms with van der Waals surface area (Å²) in [6, 6.07) is 13.5. The van der Waals surface area contributed by atoms with Crippen LogP contribution < -0.4 is 14.4 Å². The van der Waals surface area contributed by atoms with E-state index in [9.17, 15) is 13.7 Å². The lowest BCUT2D eigenvalue weighted by Gasteiger charge is -2.37. The van der Waals surface area contributed by atoms with Crippen molar-refractivity contribution in [3.05, 3.63) is 76.1 Å². The number of hydrogen-bond acceptors (Lipinski definition) is 8. The van der Waals surface area contributed by atoms with Crippen molar-refractivity contribution in [1.29, 1.82) is 5.26 Å². The Labute approximate surface area is 233 Å². The van der Waals surface area contributed by atoms with Gasteiger partial charge in [0.15, 0.2) is 15.6 Å². The van der Waals surface area contributed by atoms with Gasteiger partial charge in [0, 0.05) is 42.7 Å². The van der Waals surface area contributed by atoms with Crippen molar-refractivity contribution in [2.75, 3.05) is 36.7 Å². The van der Waals surface area contributed by atoms with Crippen LogP contribution in [0.15, 0.2) is 48.8 Å². The number of nitrogens with zero attached hydrogens (tertiary/aromatic N) is 4. The van der Waals surface area contributed by atoms with Crippen molar-refractivity contribution in [1.82, 2.24) is 9.97 Å². The predicted octanol–water partition coefficient (Wildman–Crippen LogP) is 4.76. The van der Waals surface area contributed by atoms with Gasteiger partial charge in [0.25, 0.3) is 0 Å². The van der Waals surface area contributed by atoms with E-state index < -0.39 is 15.3 Å². The molecule has 1 aliphatic heterocycles. The van der Waals surface area contributed by atoms with Crippen LogP contribution >= 0.6 is 23.2 Å². The third-order valence-corrected chi connectivity index (χ3v) is 8.56. The first-order valence-corrected chi connectivity index (χ1v) is 14.8. The molecule has 4 rings (SSSR count). The lowest BCUT2D eigenvalue weighted by molar-refractivity contribution is 0.305. The molecule has 0 N–H and O–H groups in total. The van der Waals surface area contributed by atoms with Crippen molar-refractivity contribution < 1.29 is 17.9 Å². The summed E-state index contributed by atoms with van der Waals surface area (Å²) in [5.41, 5.74) is 2.63. The fourth-order valence-corrected chi connectivity index (χ4v) is 5.34. The maximum atomic E-state index is 11.6. The van der Waals surface area contributed by atoms with Crippen LogP contribution in [-0.2, 0) is 21.9 Å². The van der Waals surface area contributed by atoms with Crippen LogP contribution in [0.3, 0.4) is 0 Å². The molecular formula is C27H28Cl2N4O4S. The zero-order valence-corrected chi connectivity index (χ0v) is 23.6. The van der Waals surface area contributed by atoms with Gasteiger partial charge in [-0.2, -0.15) is 5.26 Å². The summed E-state index contributed by atoms with van der Waals surface area (Å²) in [5, 5.41) is 9.63. The summed E-state index contributed by atoms with van der Waals surface area (Å²) >= 11 is 12.2. The Balaban J connectivity index is 1.39. The lowest BCUT2D eigenvalue weighted by Crippen LogP contribution is -2.55. The molecule has 200 valence electrons. The van der Waals surface area contributed by atoms with Crippen LogP contribution in [0, 0.1) is 11.3 Å². The van der Waals surface area contributed by atoms with Crippen molar-refractivity contribution in [2.45, 2.75) is 31.1 Å². The summed E-state index contributed by atoms with van der Waals surface area (Å²) in [7, 11) is -3.04. The van der Waals surface area contributed by atoms with Gasteiger partial charge in [0.05, 0.1) is 21.7 Å². The standard InChI is InChI=1S/C27H28Cl2N4O4S/c1-27(2,21-10-19(12-30)25(24(29)11-21)36-9-8-28)20-4-6-22(7-5-20)37-17-18-13-31-26(32-14-18)33-15-23(16-33)38(3,34)35/h4-7,10-11,13-14,23H,8-9,15-17H2,1-3H3. The zero-order valence-electron chi connectivity index (χ0n) is 21.3. The molecule has 1 aromatic heterocycles. The van der Waals surface area contributed by atoms with E-state index in [1.807, 2.05) is 35.2 Å². The quantitative estimate of drug-likeness (QED) is 0.319. The topological polar surface area (TPSA) is 105 Å². The maximum absolute atomic E-state index is 11.6.